The molecule has 0 bridgehead atoms. The topological polar surface area (TPSA) is 114 Å². The number of rotatable bonds is 5. The molecule has 3 heterocycles. The molecule has 1 atom stereocenters. The van der Waals surface area contributed by atoms with Gasteiger partial charge in [0.1, 0.15) is 0 Å². The molecule has 1 saturated carbocycles. The number of nitrogens with two attached hydrogens (primary N) is 1. The van der Waals surface area contributed by atoms with Gasteiger partial charge in [-0.1, -0.05) is 6.92 Å². The Kier molecular flexibility index (Phi) is 6.67. The molecule has 1 aliphatic heterocycles. The molecule has 0 spiro atoms. The van der Waals surface area contributed by atoms with Gasteiger partial charge in [-0.15, -0.1) is 12.4 Å². The molecule has 2 aliphatic rings. The zero-order valence-electron chi connectivity index (χ0n) is 17.5. The van der Waals surface area contributed by atoms with Crippen LogP contribution in [-0.2, 0) is 6.54 Å². The highest BCUT2D eigenvalue weighted by Crippen LogP contribution is 2.40. The normalized spacial score (nSPS) is 18.3. The van der Waals surface area contributed by atoms with Crippen LogP contribution in [0.3, 0.4) is 0 Å². The number of aromatic amines is 1. The fourth-order valence-electron chi connectivity index (χ4n) is 4.28. The Bertz CT molecular complexity index is 1050. The fourth-order valence-corrected chi connectivity index (χ4v) is 4.28. The summed E-state index contributed by atoms with van der Waals surface area (Å²) >= 11 is 0. The van der Waals surface area contributed by atoms with E-state index in [1.54, 1.807) is 11.0 Å². The molecule has 1 amide bonds. The van der Waals surface area contributed by atoms with Crippen LogP contribution < -0.4 is 17.0 Å². The average Bonchev–Trinajstić information content (AvgIpc) is 3.55. The number of likely N-dealkylation sites (tertiary alicyclic amines) is 1. The zero-order valence-corrected chi connectivity index (χ0v) is 18.3. The summed E-state index contributed by atoms with van der Waals surface area (Å²) in [6, 6.07) is 1.89. The molecule has 30 heavy (non-hydrogen) atoms. The summed E-state index contributed by atoms with van der Waals surface area (Å²) in [4.78, 5) is 47.3. The summed E-state index contributed by atoms with van der Waals surface area (Å²) in [6.07, 6.45) is 4.49. The van der Waals surface area contributed by atoms with Crippen molar-refractivity contribution in [3.05, 3.63) is 38.2 Å². The number of nitrogens with one attached hydrogen (secondary N) is 1. The molecule has 4 rings (SSSR count). The largest absolute Gasteiger partial charge is 0.339 e. The highest BCUT2D eigenvalue weighted by Gasteiger charge is 2.31. The van der Waals surface area contributed by atoms with E-state index in [0.717, 1.165) is 37.8 Å². The second kappa shape index (κ2) is 8.89. The number of hydrogen-bond acceptors (Lipinski definition) is 5. The maximum Gasteiger partial charge on any atom is 0.329 e. The SMILES string of the molecule is CCCn1c(=O)[nH]c(=O)c2c(C(=O)N3CCC(C(C)N)CC3)cc(C3CC3)nc21.Cl. The predicted molar refractivity (Wildman–Crippen MR) is 118 cm³/mol. The van der Waals surface area contributed by atoms with Crippen molar-refractivity contribution in [2.75, 3.05) is 13.1 Å². The number of pyridine rings is 1. The number of carbonyl (C=O) groups is 1. The van der Waals surface area contributed by atoms with Crippen molar-refractivity contribution < 1.29 is 4.79 Å². The summed E-state index contributed by atoms with van der Waals surface area (Å²) in [7, 11) is 0. The van der Waals surface area contributed by atoms with Crippen molar-refractivity contribution in [1.29, 1.82) is 0 Å². The molecule has 1 saturated heterocycles. The third-order valence-electron chi connectivity index (χ3n) is 6.21. The number of H-pyrrole nitrogens is 1. The molecule has 1 aliphatic carbocycles. The van der Waals surface area contributed by atoms with Crippen molar-refractivity contribution >= 4 is 29.3 Å². The highest BCUT2D eigenvalue weighted by molar-refractivity contribution is 6.05. The van der Waals surface area contributed by atoms with Gasteiger partial charge < -0.3 is 10.6 Å². The molecule has 1 unspecified atom stereocenters. The van der Waals surface area contributed by atoms with E-state index >= 15 is 0 Å². The molecule has 2 fully saturated rings. The first kappa shape index (κ1) is 22.5. The molecule has 2 aromatic rings. The highest BCUT2D eigenvalue weighted by atomic mass is 35.5. The molecular formula is C21H30ClN5O3. The number of fused-ring (bicyclic) bond motifs is 1. The van der Waals surface area contributed by atoms with Crippen LogP contribution in [-0.4, -0.2) is 44.5 Å². The summed E-state index contributed by atoms with van der Waals surface area (Å²) < 4.78 is 1.49. The smallest absolute Gasteiger partial charge is 0.329 e. The Morgan fingerprint density at radius 1 is 1.27 bits per heavy atom. The molecule has 2 aromatic heterocycles. The van der Waals surface area contributed by atoms with Gasteiger partial charge in [-0.2, -0.15) is 0 Å². The van der Waals surface area contributed by atoms with E-state index in [4.69, 9.17) is 5.73 Å². The van der Waals surface area contributed by atoms with Crippen LogP contribution in [0, 0.1) is 5.92 Å². The number of carbonyl (C=O) groups excluding carboxylic acids is 1. The lowest BCUT2D eigenvalue weighted by Crippen LogP contribution is -2.43. The van der Waals surface area contributed by atoms with Gasteiger partial charge in [-0.3, -0.25) is 19.1 Å². The lowest BCUT2D eigenvalue weighted by Gasteiger charge is -2.34. The number of hydrogen-bond donors (Lipinski definition) is 2. The lowest BCUT2D eigenvalue weighted by molar-refractivity contribution is 0.0682. The predicted octanol–water partition coefficient (Wildman–Crippen LogP) is 1.99. The second-order valence-electron chi connectivity index (χ2n) is 8.47. The maximum atomic E-state index is 13.4. The summed E-state index contributed by atoms with van der Waals surface area (Å²) in [5, 5.41) is 0.224. The van der Waals surface area contributed by atoms with Crippen LogP contribution in [0.4, 0.5) is 0 Å². The number of nitrogens with zero attached hydrogens (tertiary/aromatic N) is 3. The molecule has 164 valence electrons. The van der Waals surface area contributed by atoms with Crippen LogP contribution in [0.15, 0.2) is 15.7 Å². The van der Waals surface area contributed by atoms with Crippen molar-refractivity contribution in [2.24, 2.45) is 11.7 Å². The minimum absolute atomic E-state index is 0. The minimum Gasteiger partial charge on any atom is -0.339 e. The maximum absolute atomic E-state index is 13.4. The molecule has 9 heteroatoms. The molecule has 3 N–H and O–H groups in total. The number of halogens is 1. The second-order valence-corrected chi connectivity index (χ2v) is 8.47. The Hall–Kier alpha value is -2.19. The zero-order chi connectivity index (χ0) is 20.7. The van der Waals surface area contributed by atoms with Gasteiger partial charge in [0.25, 0.3) is 11.5 Å². The van der Waals surface area contributed by atoms with Gasteiger partial charge >= 0.3 is 5.69 Å². The molecular weight excluding hydrogens is 406 g/mol. The fraction of sp³-hybridized carbons (Fsp3) is 0.619. The van der Waals surface area contributed by atoms with Gasteiger partial charge in [0.2, 0.25) is 0 Å². The van der Waals surface area contributed by atoms with Crippen LogP contribution >= 0.6 is 12.4 Å². The van der Waals surface area contributed by atoms with E-state index in [1.165, 1.54) is 4.57 Å². The first-order chi connectivity index (χ1) is 13.9. The molecule has 8 nitrogen and oxygen atoms in total. The number of aryl methyl sites for hydroxylation is 1. The first-order valence-electron chi connectivity index (χ1n) is 10.6. The van der Waals surface area contributed by atoms with Crippen LogP contribution in [0.5, 0.6) is 0 Å². The first-order valence-corrected chi connectivity index (χ1v) is 10.6. The van der Waals surface area contributed by atoms with Crippen molar-refractivity contribution in [3.63, 3.8) is 0 Å². The minimum atomic E-state index is -0.541. The molecule has 0 radical (unpaired) electrons. The monoisotopic (exact) mass is 435 g/mol. The van der Waals surface area contributed by atoms with Crippen molar-refractivity contribution in [3.8, 4) is 0 Å². The van der Waals surface area contributed by atoms with Gasteiger partial charge in [0.05, 0.1) is 10.9 Å². The Balaban J connectivity index is 0.00000256. The number of amides is 1. The lowest BCUT2D eigenvalue weighted by atomic mass is 9.90. The van der Waals surface area contributed by atoms with E-state index in [-0.39, 0.29) is 29.7 Å². The van der Waals surface area contributed by atoms with Crippen molar-refractivity contribution in [2.45, 2.75) is 64.5 Å². The Labute approximate surface area is 181 Å². The summed E-state index contributed by atoms with van der Waals surface area (Å²) in [5.74, 6) is 0.558. The summed E-state index contributed by atoms with van der Waals surface area (Å²) in [5.41, 5.74) is 6.51. The average molecular weight is 436 g/mol. The summed E-state index contributed by atoms with van der Waals surface area (Å²) in [6.45, 7) is 5.66. The molecule has 0 aromatic carbocycles. The van der Waals surface area contributed by atoms with E-state index in [2.05, 4.69) is 9.97 Å². The Morgan fingerprint density at radius 3 is 2.50 bits per heavy atom. The number of piperidine rings is 1. The third-order valence-corrected chi connectivity index (χ3v) is 6.21. The van der Waals surface area contributed by atoms with E-state index in [9.17, 15) is 14.4 Å². The van der Waals surface area contributed by atoms with E-state index in [0.29, 0.717) is 42.7 Å². The van der Waals surface area contributed by atoms with E-state index in [1.807, 2.05) is 13.8 Å². The van der Waals surface area contributed by atoms with Gasteiger partial charge in [-0.05, 0) is 51.0 Å². The third kappa shape index (κ3) is 4.16. The van der Waals surface area contributed by atoms with Crippen molar-refractivity contribution in [1.82, 2.24) is 19.4 Å². The standard InChI is InChI=1S/C21H29N5O3.ClH/c1-3-8-26-18-17(19(27)24-21(26)29)15(11-16(23-18)14-4-5-14)20(28)25-9-6-13(7-10-25)12(2)22;/h11-14H,3-10,22H2,1-2H3,(H,24,27,29);1H. The van der Waals surface area contributed by atoms with Crippen LogP contribution in [0.25, 0.3) is 11.0 Å². The van der Waals surface area contributed by atoms with Gasteiger partial charge in [0, 0.05) is 37.3 Å². The van der Waals surface area contributed by atoms with Gasteiger partial charge in [-0.25, -0.2) is 9.78 Å². The van der Waals surface area contributed by atoms with Crippen LogP contribution in [0.2, 0.25) is 0 Å². The van der Waals surface area contributed by atoms with Crippen LogP contribution in [0.1, 0.15) is 67.9 Å². The number of aromatic nitrogens is 3. The van der Waals surface area contributed by atoms with E-state index < -0.39 is 11.2 Å². The Morgan fingerprint density at radius 2 is 1.93 bits per heavy atom. The van der Waals surface area contributed by atoms with Gasteiger partial charge in [0.15, 0.2) is 5.65 Å². The quantitative estimate of drug-likeness (QED) is 0.745.